The highest BCUT2D eigenvalue weighted by molar-refractivity contribution is 9.10. The van der Waals surface area contributed by atoms with Crippen molar-refractivity contribution >= 4 is 39.3 Å². The van der Waals surface area contributed by atoms with Crippen LogP contribution in [0.3, 0.4) is 0 Å². The number of aromatic nitrogens is 1. The number of ether oxygens (including phenoxy) is 1. The molecule has 5 heteroatoms. The van der Waals surface area contributed by atoms with Gasteiger partial charge in [-0.15, -0.1) is 0 Å². The molecule has 86 valence electrons. The minimum Gasteiger partial charge on any atom is -0.420 e. The van der Waals surface area contributed by atoms with E-state index in [1.54, 1.807) is 35.7 Å². The Bertz CT molecular complexity index is 537. The van der Waals surface area contributed by atoms with Crippen molar-refractivity contribution in [2.45, 2.75) is 0 Å². The zero-order chi connectivity index (χ0) is 12.1. The van der Waals surface area contributed by atoms with Crippen molar-refractivity contribution in [3.63, 3.8) is 0 Å². The molecule has 0 bridgehead atoms. The summed E-state index contributed by atoms with van der Waals surface area (Å²) in [7, 11) is 0. The van der Waals surface area contributed by atoms with Crippen LogP contribution < -0.4 is 4.74 Å². The van der Waals surface area contributed by atoms with Crippen LogP contribution in [-0.4, -0.2) is 11.0 Å². The molecule has 0 amide bonds. The van der Waals surface area contributed by atoms with Crippen LogP contribution in [0.15, 0.2) is 45.8 Å². The average molecular weight is 310 g/mol. The smallest absolute Gasteiger partial charge is 0.336 e. The second-order valence-electron chi connectivity index (χ2n) is 3.10. The zero-order valence-corrected chi connectivity index (χ0v) is 11.1. The van der Waals surface area contributed by atoms with E-state index in [0.29, 0.717) is 10.4 Å². The van der Waals surface area contributed by atoms with Crippen LogP contribution in [0.4, 0.5) is 0 Å². The number of thiophene rings is 1. The maximum atomic E-state index is 11.5. The molecule has 0 saturated heterocycles. The minimum atomic E-state index is -0.426. The van der Waals surface area contributed by atoms with Gasteiger partial charge in [0.2, 0.25) is 0 Å². The molecule has 3 nitrogen and oxygen atoms in total. The number of hydrogen-bond donors (Lipinski definition) is 0. The Balaban J connectivity index is 2.01. The fourth-order valence-electron chi connectivity index (χ4n) is 1.12. The number of pyridine rings is 1. The van der Waals surface area contributed by atoms with Crippen LogP contribution in [0.2, 0.25) is 0 Å². The van der Waals surface area contributed by atoms with Crippen LogP contribution in [-0.2, 0) is 4.79 Å². The lowest BCUT2D eigenvalue weighted by Gasteiger charge is -2.01. The second-order valence-corrected chi connectivity index (χ2v) is 4.63. The van der Waals surface area contributed by atoms with Crippen LogP contribution in [0, 0.1) is 0 Å². The van der Waals surface area contributed by atoms with Crippen LogP contribution >= 0.6 is 27.3 Å². The van der Waals surface area contributed by atoms with Crippen LogP contribution in [0.5, 0.6) is 5.75 Å². The van der Waals surface area contributed by atoms with Gasteiger partial charge in [0.25, 0.3) is 0 Å². The lowest BCUT2D eigenvalue weighted by Crippen LogP contribution is -2.04. The minimum absolute atomic E-state index is 0.410. The Hall–Kier alpha value is -1.46. The molecule has 0 aliphatic rings. The van der Waals surface area contributed by atoms with Gasteiger partial charge >= 0.3 is 5.97 Å². The van der Waals surface area contributed by atoms with E-state index >= 15 is 0 Å². The summed E-state index contributed by atoms with van der Waals surface area (Å²) < 4.78 is 5.62. The maximum absolute atomic E-state index is 11.5. The molecule has 0 spiro atoms. The van der Waals surface area contributed by atoms with E-state index in [-0.39, 0.29) is 0 Å². The quantitative estimate of drug-likeness (QED) is 0.495. The van der Waals surface area contributed by atoms with Gasteiger partial charge in [-0.2, -0.15) is 11.3 Å². The molecular weight excluding hydrogens is 302 g/mol. The summed E-state index contributed by atoms with van der Waals surface area (Å²) in [6, 6.07) is 5.30. The van der Waals surface area contributed by atoms with Gasteiger partial charge in [-0.3, -0.25) is 0 Å². The van der Waals surface area contributed by atoms with E-state index in [9.17, 15) is 4.79 Å². The van der Waals surface area contributed by atoms with E-state index in [1.165, 1.54) is 6.08 Å². The number of carbonyl (C=O) groups excluding carboxylic acids is 1. The molecule has 2 heterocycles. The molecule has 0 aliphatic carbocycles. The monoisotopic (exact) mass is 309 g/mol. The van der Waals surface area contributed by atoms with E-state index in [1.807, 2.05) is 16.8 Å². The van der Waals surface area contributed by atoms with Gasteiger partial charge in [-0.25, -0.2) is 9.78 Å². The number of nitrogens with zero attached hydrogens (tertiary/aromatic N) is 1. The standard InChI is InChI=1S/C12H8BrNO2S/c13-12-10(2-1-6-14-12)16-11(15)4-3-9-5-7-17-8-9/h1-8H/b4-3+. The first kappa shape index (κ1) is 12.0. The lowest BCUT2D eigenvalue weighted by molar-refractivity contribution is -0.128. The molecule has 2 aromatic heterocycles. The van der Waals surface area contributed by atoms with Crippen LogP contribution in [0.1, 0.15) is 5.56 Å². The predicted molar refractivity (Wildman–Crippen MR) is 70.9 cm³/mol. The van der Waals surface area contributed by atoms with Crippen molar-refractivity contribution in [2.75, 3.05) is 0 Å². The van der Waals surface area contributed by atoms with E-state index in [0.717, 1.165) is 5.56 Å². The van der Waals surface area contributed by atoms with Gasteiger partial charge in [0.1, 0.15) is 4.60 Å². The number of carbonyl (C=O) groups is 1. The number of esters is 1. The first-order valence-corrected chi connectivity index (χ1v) is 6.52. The van der Waals surface area contributed by atoms with Gasteiger partial charge in [0.05, 0.1) is 0 Å². The van der Waals surface area contributed by atoms with Crippen molar-refractivity contribution in [1.82, 2.24) is 4.98 Å². The van der Waals surface area contributed by atoms with Crippen molar-refractivity contribution in [2.24, 2.45) is 0 Å². The molecule has 0 radical (unpaired) electrons. The predicted octanol–water partition coefficient (Wildman–Crippen LogP) is 3.52. The van der Waals surface area contributed by atoms with Crippen molar-refractivity contribution < 1.29 is 9.53 Å². The third kappa shape index (κ3) is 3.51. The maximum Gasteiger partial charge on any atom is 0.336 e. The van der Waals surface area contributed by atoms with E-state index in [2.05, 4.69) is 20.9 Å². The fourth-order valence-corrected chi connectivity index (χ4v) is 2.08. The summed E-state index contributed by atoms with van der Waals surface area (Å²) in [5, 5.41) is 3.90. The molecule has 2 aromatic rings. The van der Waals surface area contributed by atoms with Gasteiger partial charge < -0.3 is 4.74 Å². The summed E-state index contributed by atoms with van der Waals surface area (Å²) in [6.07, 6.45) is 4.72. The van der Waals surface area contributed by atoms with Crippen molar-refractivity contribution in [3.8, 4) is 5.75 Å². The van der Waals surface area contributed by atoms with Gasteiger partial charge in [0, 0.05) is 12.3 Å². The molecule has 0 aliphatic heterocycles. The number of hydrogen-bond acceptors (Lipinski definition) is 4. The molecule has 17 heavy (non-hydrogen) atoms. The van der Waals surface area contributed by atoms with Gasteiger partial charge in [-0.1, -0.05) is 0 Å². The normalized spacial score (nSPS) is 10.6. The number of halogens is 1. The summed E-state index contributed by atoms with van der Waals surface area (Å²) in [5.41, 5.74) is 0.984. The molecule has 0 saturated carbocycles. The fraction of sp³-hybridized carbons (Fsp3) is 0. The summed E-state index contributed by atoms with van der Waals surface area (Å²) in [5.74, 6) is -0.0163. The van der Waals surface area contributed by atoms with Crippen molar-refractivity contribution in [3.05, 3.63) is 51.4 Å². The molecular formula is C12H8BrNO2S. The third-order valence-electron chi connectivity index (χ3n) is 1.89. The highest BCUT2D eigenvalue weighted by Gasteiger charge is 2.04. The Morgan fingerprint density at radius 1 is 1.47 bits per heavy atom. The highest BCUT2D eigenvalue weighted by Crippen LogP contribution is 2.21. The van der Waals surface area contributed by atoms with Gasteiger partial charge in [-0.05, 0) is 56.5 Å². The zero-order valence-electron chi connectivity index (χ0n) is 8.67. The number of rotatable bonds is 3. The summed E-state index contributed by atoms with van der Waals surface area (Å²) in [4.78, 5) is 15.5. The Kier molecular flexibility index (Phi) is 4.06. The van der Waals surface area contributed by atoms with Crippen LogP contribution in [0.25, 0.3) is 6.08 Å². The largest absolute Gasteiger partial charge is 0.420 e. The van der Waals surface area contributed by atoms with E-state index in [4.69, 9.17) is 4.74 Å². The van der Waals surface area contributed by atoms with Gasteiger partial charge in [0.15, 0.2) is 5.75 Å². The highest BCUT2D eigenvalue weighted by atomic mass is 79.9. The SMILES string of the molecule is O=C(/C=C/c1ccsc1)Oc1cccnc1Br. The molecule has 0 unspecified atom stereocenters. The summed E-state index contributed by atoms with van der Waals surface area (Å²) in [6.45, 7) is 0. The molecule has 0 aromatic carbocycles. The molecule has 0 atom stereocenters. The summed E-state index contributed by atoms with van der Waals surface area (Å²) >= 11 is 4.78. The van der Waals surface area contributed by atoms with Crippen molar-refractivity contribution in [1.29, 1.82) is 0 Å². The second kappa shape index (κ2) is 5.75. The Morgan fingerprint density at radius 3 is 3.06 bits per heavy atom. The Morgan fingerprint density at radius 2 is 2.35 bits per heavy atom. The first-order valence-electron chi connectivity index (χ1n) is 4.78. The molecule has 0 fully saturated rings. The first-order chi connectivity index (χ1) is 8.25. The van der Waals surface area contributed by atoms with E-state index < -0.39 is 5.97 Å². The lowest BCUT2D eigenvalue weighted by atomic mass is 10.3. The third-order valence-corrected chi connectivity index (χ3v) is 3.19. The molecule has 0 N–H and O–H groups in total. The Labute approximate surface area is 111 Å². The molecule has 2 rings (SSSR count). The average Bonchev–Trinajstić information content (AvgIpc) is 2.82. The topological polar surface area (TPSA) is 39.2 Å².